The van der Waals surface area contributed by atoms with Crippen LogP contribution in [0.4, 0.5) is 5.69 Å². The van der Waals surface area contributed by atoms with E-state index in [-0.39, 0.29) is 11.2 Å². The van der Waals surface area contributed by atoms with Crippen LogP contribution in [-0.4, -0.2) is 19.5 Å². The lowest BCUT2D eigenvalue weighted by Gasteiger charge is -1.95. The molecule has 0 aliphatic heterocycles. The van der Waals surface area contributed by atoms with Crippen LogP contribution in [0, 0.1) is 10.1 Å². The molecule has 0 amide bonds. The van der Waals surface area contributed by atoms with Crippen LogP contribution >= 0.6 is 0 Å². The van der Waals surface area contributed by atoms with Crippen molar-refractivity contribution in [1.82, 2.24) is 14.6 Å². The highest BCUT2D eigenvalue weighted by molar-refractivity contribution is 5.63. The summed E-state index contributed by atoms with van der Waals surface area (Å²) in [6, 6.07) is 9.08. The van der Waals surface area contributed by atoms with Crippen molar-refractivity contribution in [2.24, 2.45) is 0 Å². The Bertz CT molecular complexity index is 817. The number of aromatic amines is 1. The van der Waals surface area contributed by atoms with Gasteiger partial charge in [-0.3, -0.25) is 20.0 Å². The Morgan fingerprint density at radius 3 is 2.58 bits per heavy atom. The highest BCUT2D eigenvalue weighted by Crippen LogP contribution is 2.21. The van der Waals surface area contributed by atoms with Crippen LogP contribution in [0.1, 0.15) is 0 Å². The number of non-ortho nitro benzene ring substituents is 1. The monoisotopic (exact) mass is 256 g/mol. The molecule has 19 heavy (non-hydrogen) atoms. The third-order valence-corrected chi connectivity index (χ3v) is 2.72. The van der Waals surface area contributed by atoms with E-state index in [1.54, 1.807) is 24.4 Å². The molecule has 7 heteroatoms. The Labute approximate surface area is 106 Å². The Hall–Kier alpha value is -2.96. The molecule has 94 valence electrons. The first kappa shape index (κ1) is 11.1. The van der Waals surface area contributed by atoms with Gasteiger partial charge in [-0.25, -0.2) is 9.50 Å². The minimum atomic E-state index is -0.453. The van der Waals surface area contributed by atoms with E-state index in [4.69, 9.17) is 0 Å². The lowest BCUT2D eigenvalue weighted by Crippen LogP contribution is -2.07. The normalized spacial score (nSPS) is 10.7. The van der Waals surface area contributed by atoms with Crippen molar-refractivity contribution < 1.29 is 4.92 Å². The van der Waals surface area contributed by atoms with Gasteiger partial charge in [0.25, 0.3) is 11.2 Å². The van der Waals surface area contributed by atoms with Gasteiger partial charge >= 0.3 is 0 Å². The minimum Gasteiger partial charge on any atom is -0.268 e. The molecule has 0 spiro atoms. The fourth-order valence-corrected chi connectivity index (χ4v) is 1.80. The number of H-pyrrole nitrogens is 1. The maximum absolute atomic E-state index is 11.2. The summed E-state index contributed by atoms with van der Waals surface area (Å²) in [5.41, 5.74) is 1.79. The summed E-state index contributed by atoms with van der Waals surface area (Å²) in [4.78, 5) is 25.6. The van der Waals surface area contributed by atoms with Crippen LogP contribution in [0.2, 0.25) is 0 Å². The standard InChI is InChI=1S/C12H8N4O3/c17-12-6-5-11-13-10(7-15(11)14-12)8-1-3-9(4-2-8)16(18)19/h1-7H,(H,14,17). The fourth-order valence-electron chi connectivity index (χ4n) is 1.80. The number of rotatable bonds is 2. The van der Waals surface area contributed by atoms with Crippen LogP contribution in [0.15, 0.2) is 47.4 Å². The Balaban J connectivity index is 2.08. The molecule has 0 bridgehead atoms. The van der Waals surface area contributed by atoms with Gasteiger partial charge < -0.3 is 0 Å². The Morgan fingerprint density at radius 2 is 1.89 bits per heavy atom. The molecule has 1 N–H and O–H groups in total. The maximum atomic E-state index is 11.2. The minimum absolute atomic E-state index is 0.0286. The highest BCUT2D eigenvalue weighted by Gasteiger charge is 2.08. The molecular formula is C12H8N4O3. The van der Waals surface area contributed by atoms with Gasteiger partial charge in [-0.05, 0) is 18.2 Å². The quantitative estimate of drug-likeness (QED) is 0.556. The van der Waals surface area contributed by atoms with Gasteiger partial charge in [-0.2, -0.15) is 0 Å². The topological polar surface area (TPSA) is 93.3 Å². The molecule has 0 aliphatic carbocycles. The van der Waals surface area contributed by atoms with E-state index < -0.39 is 4.92 Å². The number of fused-ring (bicyclic) bond motifs is 1. The predicted octanol–water partition coefficient (Wildman–Crippen LogP) is 1.60. The number of hydrogen-bond acceptors (Lipinski definition) is 4. The lowest BCUT2D eigenvalue weighted by molar-refractivity contribution is -0.384. The Morgan fingerprint density at radius 1 is 1.16 bits per heavy atom. The van der Waals surface area contributed by atoms with E-state index in [0.717, 1.165) is 5.56 Å². The molecular weight excluding hydrogens is 248 g/mol. The second kappa shape index (κ2) is 4.05. The molecule has 7 nitrogen and oxygen atoms in total. The van der Waals surface area contributed by atoms with Gasteiger partial charge in [0.05, 0.1) is 16.8 Å². The summed E-state index contributed by atoms with van der Waals surface area (Å²) in [5.74, 6) is 0. The van der Waals surface area contributed by atoms with Crippen LogP contribution in [0.25, 0.3) is 16.9 Å². The zero-order valence-electron chi connectivity index (χ0n) is 9.61. The number of nitro benzene ring substituents is 1. The molecule has 0 radical (unpaired) electrons. The van der Waals surface area contributed by atoms with Crippen molar-refractivity contribution in [2.75, 3.05) is 0 Å². The van der Waals surface area contributed by atoms with E-state index in [1.165, 1.54) is 22.7 Å². The smallest absolute Gasteiger partial charge is 0.268 e. The van der Waals surface area contributed by atoms with Gasteiger partial charge in [-0.15, -0.1) is 0 Å². The number of imidazole rings is 1. The van der Waals surface area contributed by atoms with Crippen molar-refractivity contribution >= 4 is 11.3 Å². The molecule has 0 atom stereocenters. The van der Waals surface area contributed by atoms with Crippen LogP contribution in [0.3, 0.4) is 0 Å². The third kappa shape index (κ3) is 1.97. The van der Waals surface area contributed by atoms with Gasteiger partial charge in [0.15, 0.2) is 5.65 Å². The first-order chi connectivity index (χ1) is 9.13. The summed E-state index contributed by atoms with van der Waals surface area (Å²) in [5, 5.41) is 13.2. The highest BCUT2D eigenvalue weighted by atomic mass is 16.6. The van der Waals surface area contributed by atoms with Crippen molar-refractivity contribution in [3.05, 3.63) is 63.1 Å². The second-order valence-corrected chi connectivity index (χ2v) is 3.97. The molecule has 3 rings (SSSR count). The third-order valence-electron chi connectivity index (χ3n) is 2.72. The van der Waals surface area contributed by atoms with Crippen molar-refractivity contribution in [2.45, 2.75) is 0 Å². The predicted molar refractivity (Wildman–Crippen MR) is 67.9 cm³/mol. The number of nitrogens with zero attached hydrogens (tertiary/aromatic N) is 3. The van der Waals surface area contributed by atoms with Crippen LogP contribution in [-0.2, 0) is 0 Å². The lowest BCUT2D eigenvalue weighted by atomic mass is 10.1. The molecule has 2 heterocycles. The van der Waals surface area contributed by atoms with Crippen molar-refractivity contribution in [3.8, 4) is 11.3 Å². The Kier molecular flexibility index (Phi) is 2.38. The van der Waals surface area contributed by atoms with Crippen molar-refractivity contribution in [1.29, 1.82) is 0 Å². The summed E-state index contributed by atoms with van der Waals surface area (Å²) < 4.78 is 1.51. The number of nitro groups is 1. The number of benzene rings is 1. The van der Waals surface area contributed by atoms with Crippen molar-refractivity contribution in [3.63, 3.8) is 0 Å². The first-order valence-corrected chi connectivity index (χ1v) is 5.47. The maximum Gasteiger partial charge on any atom is 0.269 e. The average molecular weight is 256 g/mol. The average Bonchev–Trinajstić information content (AvgIpc) is 2.81. The molecule has 3 aromatic rings. The van der Waals surface area contributed by atoms with Gasteiger partial charge in [0.1, 0.15) is 0 Å². The number of aromatic nitrogens is 3. The van der Waals surface area contributed by atoms with Gasteiger partial charge in [0, 0.05) is 23.8 Å². The summed E-state index contributed by atoms with van der Waals surface area (Å²) >= 11 is 0. The zero-order chi connectivity index (χ0) is 13.4. The van der Waals surface area contributed by atoms with Crippen LogP contribution < -0.4 is 5.56 Å². The zero-order valence-corrected chi connectivity index (χ0v) is 9.61. The largest absolute Gasteiger partial charge is 0.269 e. The van der Waals surface area contributed by atoms with E-state index in [0.29, 0.717) is 11.3 Å². The number of hydrogen-bond donors (Lipinski definition) is 1. The summed E-state index contributed by atoms with van der Waals surface area (Å²) in [7, 11) is 0. The molecule has 0 saturated heterocycles. The van der Waals surface area contributed by atoms with Gasteiger partial charge in [-0.1, -0.05) is 0 Å². The van der Waals surface area contributed by atoms with E-state index in [2.05, 4.69) is 10.1 Å². The van der Waals surface area contributed by atoms with Gasteiger partial charge in [0.2, 0.25) is 0 Å². The molecule has 0 fully saturated rings. The summed E-state index contributed by atoms with van der Waals surface area (Å²) in [6.45, 7) is 0. The first-order valence-electron chi connectivity index (χ1n) is 5.47. The SMILES string of the molecule is O=c1ccc2nc(-c3ccc([N+](=O)[O-])cc3)cn2[nH]1. The van der Waals surface area contributed by atoms with E-state index >= 15 is 0 Å². The molecule has 0 saturated carbocycles. The molecule has 1 aromatic carbocycles. The fraction of sp³-hybridized carbons (Fsp3) is 0. The van der Waals surface area contributed by atoms with E-state index in [1.807, 2.05) is 0 Å². The molecule has 0 unspecified atom stereocenters. The van der Waals surface area contributed by atoms with E-state index in [9.17, 15) is 14.9 Å². The van der Waals surface area contributed by atoms with Crippen LogP contribution in [0.5, 0.6) is 0 Å². The molecule has 2 aromatic heterocycles. The second-order valence-electron chi connectivity index (χ2n) is 3.97. The molecule has 0 aliphatic rings. The summed E-state index contributed by atoms with van der Waals surface area (Å²) in [6.07, 6.45) is 1.66. The number of nitrogens with one attached hydrogen (secondary N) is 1.